The highest BCUT2D eigenvalue weighted by Gasteiger charge is 2.38. The van der Waals surface area contributed by atoms with Crippen molar-refractivity contribution in [1.29, 1.82) is 0 Å². The number of hydrogen-bond donors (Lipinski definition) is 1. The quantitative estimate of drug-likeness (QED) is 0.842. The Morgan fingerprint density at radius 3 is 2.26 bits per heavy atom. The van der Waals surface area contributed by atoms with Gasteiger partial charge in [-0.3, -0.25) is 4.90 Å². The van der Waals surface area contributed by atoms with Gasteiger partial charge in [0, 0.05) is 12.1 Å². The fraction of sp³-hybridized carbons (Fsp3) is 1.00. The van der Waals surface area contributed by atoms with Gasteiger partial charge in [0.2, 0.25) is 0 Å². The lowest BCUT2D eigenvalue weighted by Gasteiger charge is -2.46. The molecule has 2 aliphatic rings. The molecule has 112 valence electrons. The minimum absolute atomic E-state index is 0.419. The Morgan fingerprint density at radius 1 is 1.05 bits per heavy atom. The molecule has 1 saturated carbocycles. The third kappa shape index (κ3) is 3.72. The van der Waals surface area contributed by atoms with Crippen LogP contribution in [0.4, 0.5) is 0 Å². The average Bonchev–Trinajstić information content (AvgIpc) is 2.68. The molecule has 1 aliphatic carbocycles. The lowest BCUT2D eigenvalue weighted by atomic mass is 9.67. The SMILES string of the molecule is CCC(C)(C)C1CCC(N)C(N2CCCCCC2)C1. The highest BCUT2D eigenvalue weighted by Crippen LogP contribution is 2.41. The minimum Gasteiger partial charge on any atom is -0.326 e. The molecule has 0 spiro atoms. The van der Waals surface area contributed by atoms with Gasteiger partial charge in [0.25, 0.3) is 0 Å². The Kier molecular flexibility index (Phi) is 5.30. The standard InChI is InChI=1S/C17H34N2/c1-4-17(2,3)14-9-10-15(18)16(13-14)19-11-7-5-6-8-12-19/h14-16H,4-13,18H2,1-3H3. The molecule has 0 aromatic heterocycles. The first-order valence-electron chi connectivity index (χ1n) is 8.54. The number of rotatable bonds is 3. The van der Waals surface area contributed by atoms with Crippen LogP contribution in [0.5, 0.6) is 0 Å². The predicted molar refractivity (Wildman–Crippen MR) is 83.2 cm³/mol. The number of nitrogens with zero attached hydrogens (tertiary/aromatic N) is 1. The smallest absolute Gasteiger partial charge is 0.0250 e. The summed E-state index contributed by atoms with van der Waals surface area (Å²) in [5, 5.41) is 0. The summed E-state index contributed by atoms with van der Waals surface area (Å²) < 4.78 is 0. The van der Waals surface area contributed by atoms with Gasteiger partial charge in [-0.15, -0.1) is 0 Å². The number of hydrogen-bond acceptors (Lipinski definition) is 2. The van der Waals surface area contributed by atoms with Crippen LogP contribution in [-0.4, -0.2) is 30.1 Å². The zero-order valence-corrected chi connectivity index (χ0v) is 13.3. The maximum atomic E-state index is 6.47. The maximum absolute atomic E-state index is 6.47. The first-order chi connectivity index (χ1) is 9.04. The molecule has 2 heteroatoms. The van der Waals surface area contributed by atoms with Crippen LogP contribution in [0, 0.1) is 11.3 Å². The highest BCUT2D eigenvalue weighted by molar-refractivity contribution is 4.93. The molecule has 2 fully saturated rings. The van der Waals surface area contributed by atoms with Crippen molar-refractivity contribution in [2.45, 2.75) is 84.2 Å². The van der Waals surface area contributed by atoms with Gasteiger partial charge in [-0.25, -0.2) is 0 Å². The molecule has 1 saturated heterocycles. The van der Waals surface area contributed by atoms with Gasteiger partial charge in [0.15, 0.2) is 0 Å². The topological polar surface area (TPSA) is 29.3 Å². The third-order valence-corrected chi connectivity index (χ3v) is 5.99. The number of nitrogens with two attached hydrogens (primary N) is 1. The van der Waals surface area contributed by atoms with Gasteiger partial charge in [-0.05, 0) is 56.5 Å². The average molecular weight is 266 g/mol. The van der Waals surface area contributed by atoms with Crippen molar-refractivity contribution < 1.29 is 0 Å². The highest BCUT2D eigenvalue weighted by atomic mass is 15.2. The van der Waals surface area contributed by atoms with Crippen LogP contribution in [0.15, 0.2) is 0 Å². The van der Waals surface area contributed by atoms with Crippen molar-refractivity contribution in [2.24, 2.45) is 17.1 Å². The van der Waals surface area contributed by atoms with E-state index in [-0.39, 0.29) is 0 Å². The Morgan fingerprint density at radius 2 is 1.68 bits per heavy atom. The Hall–Kier alpha value is -0.0800. The fourth-order valence-corrected chi connectivity index (χ4v) is 4.02. The molecule has 19 heavy (non-hydrogen) atoms. The summed E-state index contributed by atoms with van der Waals surface area (Å²) in [5.41, 5.74) is 6.96. The van der Waals surface area contributed by atoms with Crippen molar-refractivity contribution >= 4 is 0 Å². The summed E-state index contributed by atoms with van der Waals surface area (Å²) in [6, 6.07) is 1.07. The second-order valence-electron chi connectivity index (χ2n) is 7.53. The van der Waals surface area contributed by atoms with E-state index in [1.807, 2.05) is 0 Å². The molecule has 0 aromatic carbocycles. The van der Waals surface area contributed by atoms with E-state index in [1.165, 1.54) is 64.5 Å². The zero-order valence-electron chi connectivity index (χ0n) is 13.3. The van der Waals surface area contributed by atoms with E-state index in [9.17, 15) is 0 Å². The van der Waals surface area contributed by atoms with Gasteiger partial charge in [0.05, 0.1) is 0 Å². The molecule has 2 N–H and O–H groups in total. The largest absolute Gasteiger partial charge is 0.326 e. The molecule has 2 rings (SSSR count). The van der Waals surface area contributed by atoms with Crippen molar-refractivity contribution in [3.8, 4) is 0 Å². The van der Waals surface area contributed by atoms with Crippen LogP contribution in [0.3, 0.4) is 0 Å². The van der Waals surface area contributed by atoms with Crippen LogP contribution in [-0.2, 0) is 0 Å². The lowest BCUT2D eigenvalue weighted by Crippen LogP contribution is -2.53. The van der Waals surface area contributed by atoms with Crippen molar-refractivity contribution in [3.63, 3.8) is 0 Å². The summed E-state index contributed by atoms with van der Waals surface area (Å²) in [5.74, 6) is 0.866. The molecule has 3 unspecified atom stereocenters. The molecule has 3 atom stereocenters. The molecular weight excluding hydrogens is 232 g/mol. The molecule has 1 heterocycles. The van der Waals surface area contributed by atoms with Crippen molar-refractivity contribution in [2.75, 3.05) is 13.1 Å². The second-order valence-corrected chi connectivity index (χ2v) is 7.53. The van der Waals surface area contributed by atoms with E-state index < -0.39 is 0 Å². The zero-order chi connectivity index (χ0) is 13.9. The Bertz CT molecular complexity index is 266. The molecule has 0 radical (unpaired) electrons. The predicted octanol–water partition coefficient (Wildman–Crippen LogP) is 3.79. The van der Waals surface area contributed by atoms with Gasteiger partial charge in [0.1, 0.15) is 0 Å². The van der Waals surface area contributed by atoms with E-state index in [0.717, 1.165) is 5.92 Å². The van der Waals surface area contributed by atoms with Crippen molar-refractivity contribution in [3.05, 3.63) is 0 Å². The monoisotopic (exact) mass is 266 g/mol. The van der Waals surface area contributed by atoms with Crippen LogP contribution >= 0.6 is 0 Å². The van der Waals surface area contributed by atoms with Crippen molar-refractivity contribution in [1.82, 2.24) is 4.90 Å². The molecule has 1 aliphatic heterocycles. The minimum atomic E-state index is 0.419. The summed E-state index contributed by atoms with van der Waals surface area (Å²) in [6.07, 6.45) is 10.8. The molecule has 0 amide bonds. The van der Waals surface area contributed by atoms with E-state index in [0.29, 0.717) is 17.5 Å². The fourth-order valence-electron chi connectivity index (χ4n) is 4.02. The van der Waals surface area contributed by atoms with E-state index in [4.69, 9.17) is 5.73 Å². The normalized spacial score (nSPS) is 35.1. The lowest BCUT2D eigenvalue weighted by molar-refractivity contribution is 0.0617. The third-order valence-electron chi connectivity index (χ3n) is 5.99. The summed E-state index contributed by atoms with van der Waals surface area (Å²) in [7, 11) is 0. The van der Waals surface area contributed by atoms with Gasteiger partial charge < -0.3 is 5.73 Å². The summed E-state index contributed by atoms with van der Waals surface area (Å²) >= 11 is 0. The second kappa shape index (κ2) is 6.58. The Labute approximate surface area is 120 Å². The summed E-state index contributed by atoms with van der Waals surface area (Å²) in [4.78, 5) is 2.73. The van der Waals surface area contributed by atoms with Gasteiger partial charge >= 0.3 is 0 Å². The summed E-state index contributed by atoms with van der Waals surface area (Å²) in [6.45, 7) is 9.83. The van der Waals surface area contributed by atoms with Crippen LogP contribution in [0.25, 0.3) is 0 Å². The molecule has 0 bridgehead atoms. The van der Waals surface area contributed by atoms with E-state index in [2.05, 4.69) is 25.7 Å². The molecular formula is C17H34N2. The van der Waals surface area contributed by atoms with Crippen LogP contribution < -0.4 is 5.73 Å². The molecule has 0 aromatic rings. The van der Waals surface area contributed by atoms with E-state index in [1.54, 1.807) is 0 Å². The van der Waals surface area contributed by atoms with Gasteiger partial charge in [-0.1, -0.05) is 40.0 Å². The van der Waals surface area contributed by atoms with Crippen LogP contribution in [0.2, 0.25) is 0 Å². The number of likely N-dealkylation sites (tertiary alicyclic amines) is 1. The maximum Gasteiger partial charge on any atom is 0.0250 e. The van der Waals surface area contributed by atoms with E-state index >= 15 is 0 Å². The van der Waals surface area contributed by atoms with Gasteiger partial charge in [-0.2, -0.15) is 0 Å². The van der Waals surface area contributed by atoms with Crippen LogP contribution in [0.1, 0.15) is 72.1 Å². The molecule has 2 nitrogen and oxygen atoms in total. The first kappa shape index (κ1) is 15.3. The first-order valence-corrected chi connectivity index (χ1v) is 8.54. The Balaban J connectivity index is 2.01.